The van der Waals surface area contributed by atoms with Crippen molar-refractivity contribution in [2.24, 2.45) is 4.99 Å². The van der Waals surface area contributed by atoms with Gasteiger partial charge in [0, 0.05) is 6.42 Å². The van der Waals surface area contributed by atoms with Gasteiger partial charge >= 0.3 is 0 Å². The summed E-state index contributed by atoms with van der Waals surface area (Å²) in [6, 6.07) is 16.6. The Kier molecular flexibility index (Phi) is 5.91. The fourth-order valence-electron chi connectivity index (χ4n) is 2.43. The Balaban J connectivity index is 1.61. The molecular weight excluding hydrogens is 350 g/mol. The van der Waals surface area contributed by atoms with Gasteiger partial charge in [-0.1, -0.05) is 42.1 Å². The zero-order chi connectivity index (χ0) is 18.4. The topological polar surface area (TPSA) is 79.8 Å². The molecule has 0 unspecified atom stereocenters. The second kappa shape index (κ2) is 8.53. The third-order valence-corrected chi connectivity index (χ3v) is 4.68. The Morgan fingerprint density at radius 3 is 2.69 bits per heavy atom. The van der Waals surface area contributed by atoms with Crippen LogP contribution in [-0.4, -0.2) is 28.8 Å². The summed E-state index contributed by atoms with van der Waals surface area (Å²) in [5.41, 5.74) is 1.35. The van der Waals surface area contributed by atoms with Crippen LogP contribution in [0.3, 0.4) is 0 Å². The van der Waals surface area contributed by atoms with Crippen LogP contribution in [0.25, 0.3) is 0 Å². The summed E-state index contributed by atoms with van der Waals surface area (Å²) in [6.07, 6.45) is 0.0603. The fourth-order valence-corrected chi connectivity index (χ4v) is 3.42. The Morgan fingerprint density at radius 2 is 1.92 bits per heavy atom. The first kappa shape index (κ1) is 18.0. The van der Waals surface area contributed by atoms with Gasteiger partial charge in [-0.25, -0.2) is 4.99 Å². The van der Waals surface area contributed by atoms with E-state index in [2.05, 4.69) is 15.6 Å². The average Bonchev–Trinajstić information content (AvgIpc) is 2.96. The van der Waals surface area contributed by atoms with E-state index in [-0.39, 0.29) is 18.2 Å². The molecule has 1 heterocycles. The molecule has 2 aromatic carbocycles. The molecule has 0 spiro atoms. The highest BCUT2D eigenvalue weighted by atomic mass is 32.2. The quantitative estimate of drug-likeness (QED) is 0.818. The van der Waals surface area contributed by atoms with Crippen molar-refractivity contribution in [2.45, 2.75) is 18.6 Å². The summed E-state index contributed by atoms with van der Waals surface area (Å²) in [5.74, 6) is 0.155. The molecule has 7 heteroatoms. The van der Waals surface area contributed by atoms with Gasteiger partial charge in [0.25, 0.3) is 0 Å². The molecule has 0 bridgehead atoms. The molecule has 6 nitrogen and oxygen atoms in total. The first-order valence-electron chi connectivity index (χ1n) is 8.28. The molecule has 2 N–H and O–H groups in total. The molecule has 0 saturated carbocycles. The standard InChI is InChI=1S/C19H19N3O3S/c1-2-25-15-11-7-6-10-14(15)21-17(23)12-16-18(24)22-19(26-16)20-13-8-4-3-5-9-13/h3-11,16H,2,12H2,1H3,(H,21,23)(H,20,22,24)/t16-/m1/s1. The van der Waals surface area contributed by atoms with E-state index < -0.39 is 5.25 Å². The van der Waals surface area contributed by atoms with Crippen molar-refractivity contribution in [2.75, 3.05) is 11.9 Å². The van der Waals surface area contributed by atoms with Crippen LogP contribution in [-0.2, 0) is 9.59 Å². The lowest BCUT2D eigenvalue weighted by atomic mass is 10.2. The lowest BCUT2D eigenvalue weighted by Gasteiger charge is -2.12. The third-order valence-electron chi connectivity index (χ3n) is 3.60. The van der Waals surface area contributed by atoms with E-state index in [0.717, 1.165) is 5.69 Å². The summed E-state index contributed by atoms with van der Waals surface area (Å²) in [5, 5.41) is 5.54. The summed E-state index contributed by atoms with van der Waals surface area (Å²) >= 11 is 1.26. The number of thioether (sulfide) groups is 1. The van der Waals surface area contributed by atoms with Crippen molar-refractivity contribution in [1.82, 2.24) is 5.32 Å². The van der Waals surface area contributed by atoms with E-state index in [1.807, 2.05) is 49.4 Å². The van der Waals surface area contributed by atoms with Crippen molar-refractivity contribution < 1.29 is 14.3 Å². The van der Waals surface area contributed by atoms with Gasteiger partial charge in [-0.3, -0.25) is 9.59 Å². The number of hydrogen-bond donors (Lipinski definition) is 2. The van der Waals surface area contributed by atoms with Gasteiger partial charge in [-0.15, -0.1) is 0 Å². The molecule has 0 radical (unpaired) electrons. The van der Waals surface area contributed by atoms with Gasteiger partial charge in [0.15, 0.2) is 5.17 Å². The molecule has 0 aliphatic carbocycles. The van der Waals surface area contributed by atoms with Gasteiger partial charge in [0.05, 0.1) is 18.0 Å². The van der Waals surface area contributed by atoms with Crippen LogP contribution in [0.4, 0.5) is 11.4 Å². The maximum absolute atomic E-state index is 12.3. The predicted octanol–water partition coefficient (Wildman–Crippen LogP) is 3.33. The lowest BCUT2D eigenvalue weighted by Crippen LogP contribution is -2.28. The Bertz CT molecular complexity index is 824. The first-order valence-corrected chi connectivity index (χ1v) is 9.16. The monoisotopic (exact) mass is 369 g/mol. The van der Waals surface area contributed by atoms with Gasteiger partial charge in [-0.2, -0.15) is 0 Å². The van der Waals surface area contributed by atoms with Gasteiger partial charge in [0.2, 0.25) is 11.8 Å². The maximum atomic E-state index is 12.3. The molecule has 1 aliphatic rings. The Hall–Kier alpha value is -2.80. The number of carbonyl (C=O) groups excluding carboxylic acids is 2. The minimum atomic E-state index is -0.503. The molecule has 0 aromatic heterocycles. The van der Waals surface area contributed by atoms with Crippen LogP contribution < -0.4 is 15.4 Å². The Labute approximate surface area is 156 Å². The number of amides is 2. The van der Waals surface area contributed by atoms with E-state index in [1.165, 1.54) is 11.8 Å². The highest BCUT2D eigenvalue weighted by Crippen LogP contribution is 2.27. The van der Waals surface area contributed by atoms with E-state index in [1.54, 1.807) is 12.1 Å². The minimum absolute atomic E-state index is 0.0603. The molecule has 1 aliphatic heterocycles. The zero-order valence-corrected chi connectivity index (χ0v) is 15.1. The number of nitrogens with zero attached hydrogens (tertiary/aromatic N) is 1. The molecule has 2 aromatic rings. The highest BCUT2D eigenvalue weighted by Gasteiger charge is 2.32. The number of anilines is 1. The largest absolute Gasteiger partial charge is 0.492 e. The number of rotatable bonds is 6. The van der Waals surface area contributed by atoms with Crippen molar-refractivity contribution in [1.29, 1.82) is 0 Å². The predicted molar refractivity (Wildman–Crippen MR) is 104 cm³/mol. The van der Waals surface area contributed by atoms with E-state index in [4.69, 9.17) is 4.74 Å². The zero-order valence-electron chi connectivity index (χ0n) is 14.3. The number of benzene rings is 2. The summed E-state index contributed by atoms with van der Waals surface area (Å²) in [4.78, 5) is 28.8. The van der Waals surface area contributed by atoms with Crippen LogP contribution in [0.2, 0.25) is 0 Å². The summed E-state index contributed by atoms with van der Waals surface area (Å²) in [6.45, 7) is 2.39. The van der Waals surface area contributed by atoms with Crippen molar-refractivity contribution in [3.05, 3.63) is 54.6 Å². The highest BCUT2D eigenvalue weighted by molar-refractivity contribution is 8.15. The third kappa shape index (κ3) is 4.64. The maximum Gasteiger partial charge on any atom is 0.240 e. The molecule has 2 amide bonds. The molecule has 26 heavy (non-hydrogen) atoms. The number of para-hydroxylation sites is 3. The number of ether oxygens (including phenoxy) is 1. The van der Waals surface area contributed by atoms with Crippen molar-refractivity contribution in [3.63, 3.8) is 0 Å². The second-order valence-electron chi connectivity index (χ2n) is 5.53. The molecule has 1 fully saturated rings. The van der Waals surface area contributed by atoms with Crippen LogP contribution in [0.5, 0.6) is 5.75 Å². The lowest BCUT2D eigenvalue weighted by molar-refractivity contribution is -0.122. The van der Waals surface area contributed by atoms with Crippen molar-refractivity contribution in [3.8, 4) is 5.75 Å². The molecule has 1 atom stereocenters. The van der Waals surface area contributed by atoms with Crippen LogP contribution in [0.1, 0.15) is 13.3 Å². The van der Waals surface area contributed by atoms with E-state index in [0.29, 0.717) is 23.2 Å². The van der Waals surface area contributed by atoms with Crippen LogP contribution >= 0.6 is 11.8 Å². The number of amidine groups is 1. The first-order chi connectivity index (χ1) is 12.7. The van der Waals surface area contributed by atoms with Crippen molar-refractivity contribution >= 4 is 40.1 Å². The Morgan fingerprint density at radius 1 is 1.19 bits per heavy atom. The molecular formula is C19H19N3O3S. The number of nitrogens with one attached hydrogen (secondary N) is 2. The fraction of sp³-hybridized carbons (Fsp3) is 0.211. The smallest absolute Gasteiger partial charge is 0.240 e. The van der Waals surface area contributed by atoms with Gasteiger partial charge < -0.3 is 15.4 Å². The summed E-state index contributed by atoms with van der Waals surface area (Å²) in [7, 11) is 0. The number of hydrogen-bond acceptors (Lipinski definition) is 5. The van der Waals surface area contributed by atoms with E-state index >= 15 is 0 Å². The molecule has 134 valence electrons. The van der Waals surface area contributed by atoms with Gasteiger partial charge in [0.1, 0.15) is 11.0 Å². The summed E-state index contributed by atoms with van der Waals surface area (Å²) < 4.78 is 5.49. The average molecular weight is 369 g/mol. The molecule has 1 saturated heterocycles. The molecule has 3 rings (SSSR count). The SMILES string of the molecule is CCOc1ccccc1NC(=O)C[C@H]1SC(=Nc2ccccc2)NC1=O. The second-order valence-corrected chi connectivity index (χ2v) is 6.72. The number of carbonyl (C=O) groups is 2. The van der Waals surface area contributed by atoms with Crippen LogP contribution in [0.15, 0.2) is 59.6 Å². The minimum Gasteiger partial charge on any atom is -0.492 e. The normalized spacial score (nSPS) is 17.8. The van der Waals surface area contributed by atoms with Crippen LogP contribution in [0, 0.1) is 0 Å². The van der Waals surface area contributed by atoms with Gasteiger partial charge in [-0.05, 0) is 31.2 Å². The van der Waals surface area contributed by atoms with E-state index in [9.17, 15) is 9.59 Å². The number of aliphatic imine (C=N–C) groups is 1.